The molecule has 5 heteroatoms. The van der Waals surface area contributed by atoms with Crippen LogP contribution in [0.15, 0.2) is 48.7 Å². The number of para-hydroxylation sites is 1. The van der Waals surface area contributed by atoms with Gasteiger partial charge in [0.1, 0.15) is 0 Å². The van der Waals surface area contributed by atoms with E-state index in [9.17, 15) is 4.79 Å². The van der Waals surface area contributed by atoms with Crippen molar-refractivity contribution in [2.24, 2.45) is 12.8 Å². The van der Waals surface area contributed by atoms with E-state index in [1.165, 1.54) is 0 Å². The topological polar surface area (TPSA) is 51.3 Å². The summed E-state index contributed by atoms with van der Waals surface area (Å²) < 4.78 is 1.89. The molecule has 0 radical (unpaired) electrons. The van der Waals surface area contributed by atoms with Crippen LogP contribution in [0.2, 0.25) is 5.02 Å². The van der Waals surface area contributed by atoms with Crippen molar-refractivity contribution in [1.82, 2.24) is 4.57 Å². The molecule has 0 bridgehead atoms. The van der Waals surface area contributed by atoms with Gasteiger partial charge in [0, 0.05) is 37.9 Å². The van der Waals surface area contributed by atoms with Crippen molar-refractivity contribution in [2.75, 3.05) is 11.9 Å². The lowest BCUT2D eigenvalue weighted by molar-refractivity contribution is 0.0994. The van der Waals surface area contributed by atoms with Gasteiger partial charge >= 0.3 is 0 Å². The second-order valence-corrected chi connectivity index (χ2v) is 5.93. The number of benzene rings is 2. The molecule has 118 valence electrons. The number of aromatic nitrogens is 1. The van der Waals surface area contributed by atoms with E-state index >= 15 is 0 Å². The van der Waals surface area contributed by atoms with Crippen molar-refractivity contribution in [2.45, 2.75) is 6.54 Å². The van der Waals surface area contributed by atoms with Crippen molar-refractivity contribution in [3.05, 3.63) is 64.8 Å². The molecule has 0 saturated carbocycles. The number of anilines is 1. The van der Waals surface area contributed by atoms with Crippen LogP contribution in [0.3, 0.4) is 0 Å². The largest absolute Gasteiger partial charge is 0.349 e. The minimum atomic E-state index is -0.0710. The zero-order chi connectivity index (χ0) is 16.6. The summed E-state index contributed by atoms with van der Waals surface area (Å²) in [6, 6.07) is 13.3. The SMILES string of the molecule is CN(C(=O)c1cn(C)c2c(Cl)cccc12)c1ccc(CN)cc1. The molecule has 4 nitrogen and oxygen atoms in total. The Hall–Kier alpha value is -2.30. The van der Waals surface area contributed by atoms with Crippen molar-refractivity contribution in [1.29, 1.82) is 0 Å². The normalized spacial score (nSPS) is 11.0. The highest BCUT2D eigenvalue weighted by Gasteiger charge is 2.19. The number of amides is 1. The van der Waals surface area contributed by atoms with Crippen LogP contribution >= 0.6 is 11.6 Å². The third kappa shape index (κ3) is 2.71. The number of aryl methyl sites for hydroxylation is 1. The maximum absolute atomic E-state index is 12.9. The first-order chi connectivity index (χ1) is 11.0. The molecule has 0 unspecified atom stereocenters. The molecule has 23 heavy (non-hydrogen) atoms. The Morgan fingerprint density at radius 1 is 1.22 bits per heavy atom. The van der Waals surface area contributed by atoms with Gasteiger partial charge in [-0.05, 0) is 23.8 Å². The smallest absolute Gasteiger partial charge is 0.260 e. The molecular formula is C18H18ClN3O. The summed E-state index contributed by atoms with van der Waals surface area (Å²) in [5.74, 6) is -0.0710. The predicted molar refractivity (Wildman–Crippen MR) is 95.0 cm³/mol. The number of rotatable bonds is 3. The Bertz CT molecular complexity index is 868. The van der Waals surface area contributed by atoms with E-state index in [0.717, 1.165) is 22.2 Å². The highest BCUT2D eigenvalue weighted by atomic mass is 35.5. The minimum absolute atomic E-state index is 0.0710. The summed E-state index contributed by atoms with van der Waals surface area (Å²) in [7, 11) is 3.66. The average Bonchev–Trinajstić information content (AvgIpc) is 2.92. The molecule has 0 atom stereocenters. The fraction of sp³-hybridized carbons (Fsp3) is 0.167. The van der Waals surface area contributed by atoms with Gasteiger partial charge in [0.15, 0.2) is 0 Å². The highest BCUT2D eigenvalue weighted by molar-refractivity contribution is 6.35. The molecule has 0 saturated heterocycles. The first-order valence-electron chi connectivity index (χ1n) is 7.33. The number of nitrogens with zero attached hydrogens (tertiary/aromatic N) is 2. The van der Waals surface area contributed by atoms with E-state index in [1.54, 1.807) is 11.9 Å². The van der Waals surface area contributed by atoms with Gasteiger partial charge in [0.2, 0.25) is 0 Å². The van der Waals surface area contributed by atoms with Crippen LogP contribution in [0.5, 0.6) is 0 Å². The maximum Gasteiger partial charge on any atom is 0.260 e. The van der Waals surface area contributed by atoms with Crippen molar-refractivity contribution >= 4 is 34.1 Å². The molecule has 0 fully saturated rings. The van der Waals surface area contributed by atoms with E-state index in [1.807, 2.05) is 60.3 Å². The van der Waals surface area contributed by atoms with Gasteiger partial charge in [0.05, 0.1) is 16.1 Å². The molecule has 1 aromatic heterocycles. The van der Waals surface area contributed by atoms with E-state index in [2.05, 4.69) is 0 Å². The van der Waals surface area contributed by atoms with Gasteiger partial charge < -0.3 is 15.2 Å². The van der Waals surface area contributed by atoms with Crippen molar-refractivity contribution in [3.8, 4) is 0 Å². The molecule has 0 spiro atoms. The molecule has 3 rings (SSSR count). The lowest BCUT2D eigenvalue weighted by atomic mass is 10.1. The molecule has 1 heterocycles. The van der Waals surface area contributed by atoms with Crippen LogP contribution in [0, 0.1) is 0 Å². The number of nitrogens with two attached hydrogens (primary N) is 1. The molecular weight excluding hydrogens is 310 g/mol. The van der Waals surface area contributed by atoms with Gasteiger partial charge in [-0.3, -0.25) is 4.79 Å². The summed E-state index contributed by atoms with van der Waals surface area (Å²) >= 11 is 6.25. The molecule has 2 aromatic carbocycles. The fourth-order valence-electron chi connectivity index (χ4n) is 2.74. The quantitative estimate of drug-likeness (QED) is 0.799. The maximum atomic E-state index is 12.9. The van der Waals surface area contributed by atoms with Crippen molar-refractivity contribution in [3.63, 3.8) is 0 Å². The first-order valence-corrected chi connectivity index (χ1v) is 7.71. The summed E-state index contributed by atoms with van der Waals surface area (Å²) in [6.07, 6.45) is 1.82. The predicted octanol–water partition coefficient (Wildman–Crippen LogP) is 3.57. The van der Waals surface area contributed by atoms with Gasteiger partial charge in [-0.2, -0.15) is 0 Å². The lowest BCUT2D eigenvalue weighted by Gasteiger charge is -2.17. The van der Waals surface area contributed by atoms with Crippen LogP contribution in [0.4, 0.5) is 5.69 Å². The molecule has 3 aromatic rings. The van der Waals surface area contributed by atoms with E-state index < -0.39 is 0 Å². The second kappa shape index (κ2) is 6.07. The Kier molecular flexibility index (Phi) is 4.11. The van der Waals surface area contributed by atoms with Gasteiger partial charge in [-0.25, -0.2) is 0 Å². The standard InChI is InChI=1S/C18H18ClN3O/c1-21-11-15(14-4-3-5-16(19)17(14)21)18(23)22(2)13-8-6-12(10-20)7-9-13/h3-9,11H,10,20H2,1-2H3. The highest BCUT2D eigenvalue weighted by Crippen LogP contribution is 2.29. The summed E-state index contributed by atoms with van der Waals surface area (Å²) in [4.78, 5) is 14.5. The number of carbonyl (C=O) groups is 1. The molecule has 0 aliphatic heterocycles. The Labute approximate surface area is 140 Å². The summed E-state index contributed by atoms with van der Waals surface area (Å²) in [5, 5.41) is 1.49. The van der Waals surface area contributed by atoms with Crippen LogP contribution in [-0.2, 0) is 13.6 Å². The lowest BCUT2D eigenvalue weighted by Crippen LogP contribution is -2.26. The van der Waals surface area contributed by atoms with Crippen LogP contribution < -0.4 is 10.6 Å². The van der Waals surface area contributed by atoms with Crippen LogP contribution in [0.25, 0.3) is 10.9 Å². The zero-order valence-corrected chi connectivity index (χ0v) is 13.8. The summed E-state index contributed by atoms with van der Waals surface area (Å²) in [6.45, 7) is 0.486. The van der Waals surface area contributed by atoms with E-state index in [4.69, 9.17) is 17.3 Å². The monoisotopic (exact) mass is 327 g/mol. The van der Waals surface area contributed by atoms with Crippen molar-refractivity contribution < 1.29 is 4.79 Å². The third-order valence-electron chi connectivity index (χ3n) is 4.05. The second-order valence-electron chi connectivity index (χ2n) is 5.52. The van der Waals surface area contributed by atoms with E-state index in [-0.39, 0.29) is 5.91 Å². The Morgan fingerprint density at radius 2 is 1.91 bits per heavy atom. The molecule has 0 aliphatic rings. The van der Waals surface area contributed by atoms with Crippen LogP contribution in [0.1, 0.15) is 15.9 Å². The number of hydrogen-bond acceptors (Lipinski definition) is 2. The fourth-order valence-corrected chi connectivity index (χ4v) is 3.05. The van der Waals surface area contributed by atoms with E-state index in [0.29, 0.717) is 17.1 Å². The Morgan fingerprint density at radius 3 is 2.57 bits per heavy atom. The third-order valence-corrected chi connectivity index (χ3v) is 4.35. The number of halogens is 1. The average molecular weight is 328 g/mol. The number of carbonyl (C=O) groups excluding carboxylic acids is 1. The summed E-state index contributed by atoms with van der Waals surface area (Å²) in [5.41, 5.74) is 8.97. The van der Waals surface area contributed by atoms with Gasteiger partial charge in [-0.1, -0.05) is 35.9 Å². The zero-order valence-electron chi connectivity index (χ0n) is 13.1. The number of fused-ring (bicyclic) bond motifs is 1. The molecule has 0 aliphatic carbocycles. The van der Waals surface area contributed by atoms with Gasteiger partial charge in [0.25, 0.3) is 5.91 Å². The van der Waals surface area contributed by atoms with Crippen LogP contribution in [-0.4, -0.2) is 17.5 Å². The number of hydrogen-bond donors (Lipinski definition) is 1. The minimum Gasteiger partial charge on any atom is -0.349 e. The van der Waals surface area contributed by atoms with Gasteiger partial charge in [-0.15, -0.1) is 0 Å². The first kappa shape index (κ1) is 15.6. The molecule has 1 amide bonds. The Balaban J connectivity index is 2.01. The molecule has 2 N–H and O–H groups in total.